The SMILES string of the molecule is COc1cccc2[nH]c(C(=O)N3C[C@@H]4CCC[C@@H]4[C@H]3C(=O)N[C@@H](C[C@@H]3CCCC3=O)C(=O)C(=O)NCC(C)(F)F)cc12. The number of amides is 3. The third-order valence-corrected chi connectivity index (χ3v) is 8.86. The number of methoxy groups -OCH3 is 1. The predicted molar refractivity (Wildman–Crippen MR) is 148 cm³/mol. The number of aromatic amines is 1. The van der Waals surface area contributed by atoms with Crippen LogP contribution in [0.3, 0.4) is 0 Å². The second-order valence-electron chi connectivity index (χ2n) is 11.8. The highest BCUT2D eigenvalue weighted by Crippen LogP contribution is 2.43. The molecular formula is C30H36F2N4O6. The maximum Gasteiger partial charge on any atom is 0.289 e. The molecule has 10 nitrogen and oxygen atoms in total. The van der Waals surface area contributed by atoms with Crippen LogP contribution in [-0.4, -0.2) is 77.4 Å². The molecule has 1 aliphatic heterocycles. The highest BCUT2D eigenvalue weighted by atomic mass is 19.3. The van der Waals surface area contributed by atoms with Crippen LogP contribution in [0.25, 0.3) is 10.9 Å². The van der Waals surface area contributed by atoms with E-state index < -0.39 is 48.1 Å². The first-order valence-corrected chi connectivity index (χ1v) is 14.5. The van der Waals surface area contributed by atoms with E-state index in [0.717, 1.165) is 24.6 Å². The van der Waals surface area contributed by atoms with Crippen LogP contribution in [0.15, 0.2) is 24.3 Å². The molecule has 42 heavy (non-hydrogen) atoms. The first-order chi connectivity index (χ1) is 20.0. The Labute approximate surface area is 241 Å². The van der Waals surface area contributed by atoms with Crippen LogP contribution in [0.4, 0.5) is 8.78 Å². The van der Waals surface area contributed by atoms with Crippen molar-refractivity contribution in [3.63, 3.8) is 0 Å². The summed E-state index contributed by atoms with van der Waals surface area (Å²) < 4.78 is 32.1. The van der Waals surface area contributed by atoms with Crippen molar-refractivity contribution < 1.29 is 37.5 Å². The molecular weight excluding hydrogens is 550 g/mol. The van der Waals surface area contributed by atoms with E-state index in [1.54, 1.807) is 18.2 Å². The molecule has 2 heterocycles. The minimum Gasteiger partial charge on any atom is -0.496 e. The number of H-pyrrole nitrogens is 1. The number of aromatic nitrogens is 1. The second kappa shape index (κ2) is 11.8. The van der Waals surface area contributed by atoms with Crippen LogP contribution in [-0.2, 0) is 19.2 Å². The molecule has 3 fully saturated rings. The zero-order chi connectivity index (χ0) is 30.2. The van der Waals surface area contributed by atoms with Crippen molar-refractivity contribution in [3.05, 3.63) is 30.0 Å². The van der Waals surface area contributed by atoms with E-state index in [2.05, 4.69) is 10.3 Å². The summed E-state index contributed by atoms with van der Waals surface area (Å²) >= 11 is 0. The lowest BCUT2D eigenvalue weighted by Gasteiger charge is -2.29. The van der Waals surface area contributed by atoms with E-state index in [0.29, 0.717) is 44.0 Å². The third kappa shape index (κ3) is 6.03. The summed E-state index contributed by atoms with van der Waals surface area (Å²) in [6, 6.07) is 4.81. The number of hydrogen-bond acceptors (Lipinski definition) is 6. The number of nitrogens with one attached hydrogen (secondary N) is 3. The summed E-state index contributed by atoms with van der Waals surface area (Å²) in [5.74, 6) is -6.57. The second-order valence-corrected chi connectivity index (χ2v) is 11.8. The van der Waals surface area contributed by atoms with Gasteiger partial charge in [0.1, 0.15) is 23.3 Å². The number of Topliss-reactive ketones (excluding diaryl/α,β-unsaturated/α-hetero) is 2. The normalized spacial score (nSPS) is 24.5. The number of ketones is 2. The van der Waals surface area contributed by atoms with Crippen LogP contribution in [0, 0.1) is 17.8 Å². The summed E-state index contributed by atoms with van der Waals surface area (Å²) in [5, 5.41) is 5.32. The molecule has 3 N–H and O–H groups in total. The lowest BCUT2D eigenvalue weighted by atomic mass is 9.91. The Morgan fingerprint density at radius 3 is 2.64 bits per heavy atom. The highest BCUT2D eigenvalue weighted by molar-refractivity contribution is 6.38. The number of benzene rings is 1. The monoisotopic (exact) mass is 586 g/mol. The molecule has 1 aromatic carbocycles. The quantitative estimate of drug-likeness (QED) is 0.366. The summed E-state index contributed by atoms with van der Waals surface area (Å²) in [7, 11) is 1.54. The molecule has 0 unspecified atom stereocenters. The molecule has 1 aromatic heterocycles. The van der Waals surface area contributed by atoms with Crippen LogP contribution in [0.5, 0.6) is 5.75 Å². The maximum absolute atomic E-state index is 13.9. The smallest absolute Gasteiger partial charge is 0.289 e. The number of fused-ring (bicyclic) bond motifs is 2. The fourth-order valence-corrected chi connectivity index (χ4v) is 6.82. The Kier molecular flexibility index (Phi) is 8.34. The van der Waals surface area contributed by atoms with Gasteiger partial charge in [-0.2, -0.15) is 0 Å². The topological polar surface area (TPSA) is 138 Å². The summed E-state index contributed by atoms with van der Waals surface area (Å²) in [6.07, 6.45) is 3.86. The van der Waals surface area contributed by atoms with Gasteiger partial charge in [-0.25, -0.2) is 8.78 Å². The molecule has 5 atom stereocenters. The van der Waals surface area contributed by atoms with Crippen molar-refractivity contribution in [1.29, 1.82) is 0 Å². The van der Waals surface area contributed by atoms with Gasteiger partial charge >= 0.3 is 0 Å². The summed E-state index contributed by atoms with van der Waals surface area (Å²) in [6.45, 7) is -0.0639. The number of ether oxygens (including phenoxy) is 1. The van der Waals surface area contributed by atoms with E-state index in [1.807, 2.05) is 11.4 Å². The lowest BCUT2D eigenvalue weighted by Crippen LogP contribution is -2.55. The Balaban J connectivity index is 1.39. The van der Waals surface area contributed by atoms with Crippen molar-refractivity contribution in [2.45, 2.75) is 69.9 Å². The largest absolute Gasteiger partial charge is 0.496 e. The first-order valence-electron chi connectivity index (χ1n) is 14.5. The van der Waals surface area contributed by atoms with Crippen LogP contribution < -0.4 is 15.4 Å². The van der Waals surface area contributed by atoms with Gasteiger partial charge in [0.05, 0.1) is 19.7 Å². The molecule has 3 aliphatic rings. The van der Waals surface area contributed by atoms with Crippen molar-refractivity contribution in [3.8, 4) is 5.75 Å². The van der Waals surface area contributed by atoms with Crippen molar-refractivity contribution in [2.75, 3.05) is 20.2 Å². The Morgan fingerprint density at radius 1 is 1.17 bits per heavy atom. The average Bonchev–Trinajstić information content (AvgIpc) is 3.73. The van der Waals surface area contributed by atoms with Gasteiger partial charge in [0.25, 0.3) is 17.7 Å². The van der Waals surface area contributed by atoms with Gasteiger partial charge in [-0.15, -0.1) is 0 Å². The van der Waals surface area contributed by atoms with E-state index in [4.69, 9.17) is 4.74 Å². The fourth-order valence-electron chi connectivity index (χ4n) is 6.82. The Morgan fingerprint density at radius 2 is 1.95 bits per heavy atom. The lowest BCUT2D eigenvalue weighted by molar-refractivity contribution is -0.141. The molecule has 1 saturated heterocycles. The number of rotatable bonds is 10. The average molecular weight is 587 g/mol. The minimum atomic E-state index is -3.23. The van der Waals surface area contributed by atoms with E-state index in [-0.39, 0.29) is 35.6 Å². The molecule has 5 rings (SSSR count). The Hall–Kier alpha value is -3.83. The number of nitrogens with zero attached hydrogens (tertiary/aromatic N) is 1. The van der Waals surface area contributed by atoms with Gasteiger partial charge in [0.15, 0.2) is 0 Å². The number of hydrogen-bond donors (Lipinski definition) is 3. The molecule has 0 radical (unpaired) electrons. The van der Waals surface area contributed by atoms with E-state index in [1.165, 1.54) is 12.0 Å². The Bertz CT molecular complexity index is 1400. The highest BCUT2D eigenvalue weighted by Gasteiger charge is 2.50. The third-order valence-electron chi connectivity index (χ3n) is 8.86. The maximum atomic E-state index is 13.9. The van der Waals surface area contributed by atoms with Gasteiger partial charge in [0, 0.05) is 36.7 Å². The van der Waals surface area contributed by atoms with Crippen molar-refractivity contribution in [1.82, 2.24) is 20.5 Å². The number of carbonyl (C=O) groups is 5. The van der Waals surface area contributed by atoms with Crippen LogP contribution in [0.1, 0.15) is 62.4 Å². The number of halogens is 2. The summed E-state index contributed by atoms with van der Waals surface area (Å²) in [4.78, 5) is 70.4. The van der Waals surface area contributed by atoms with Gasteiger partial charge in [-0.05, 0) is 62.1 Å². The van der Waals surface area contributed by atoms with E-state index in [9.17, 15) is 32.8 Å². The molecule has 2 aromatic rings. The summed E-state index contributed by atoms with van der Waals surface area (Å²) in [5.41, 5.74) is 0.991. The predicted octanol–water partition coefficient (Wildman–Crippen LogP) is 3.00. The molecule has 0 bridgehead atoms. The molecule has 12 heteroatoms. The zero-order valence-corrected chi connectivity index (χ0v) is 23.7. The molecule has 2 saturated carbocycles. The number of carbonyl (C=O) groups excluding carboxylic acids is 5. The van der Waals surface area contributed by atoms with Crippen molar-refractivity contribution >= 4 is 40.2 Å². The van der Waals surface area contributed by atoms with Gasteiger partial charge in [-0.3, -0.25) is 24.0 Å². The van der Waals surface area contributed by atoms with Gasteiger partial charge < -0.3 is 25.3 Å². The standard InChI is InChI=1S/C30H36F2N4O6/c1-30(31,32)15-33-28(40)26(38)21(12-16-6-4-10-23(16)37)35-27(39)25-18-8-3-7-17(18)14-36(25)29(41)22-13-19-20(34-22)9-5-11-24(19)42-2/h5,9,11,13,16-18,21,25,34H,3-4,6-8,10,12,14-15H2,1-2H3,(H,33,40)(H,35,39)/t16-,17-,18-,21-,25-/m0/s1. The van der Waals surface area contributed by atoms with Gasteiger partial charge in [0.2, 0.25) is 11.7 Å². The van der Waals surface area contributed by atoms with Crippen molar-refractivity contribution in [2.24, 2.45) is 17.8 Å². The minimum absolute atomic E-state index is 0.0645. The first kappa shape index (κ1) is 29.7. The zero-order valence-electron chi connectivity index (χ0n) is 23.7. The molecule has 0 spiro atoms. The number of likely N-dealkylation sites (tertiary alicyclic amines) is 1. The fraction of sp³-hybridized carbons (Fsp3) is 0.567. The van der Waals surface area contributed by atoms with Crippen LogP contribution in [0.2, 0.25) is 0 Å². The van der Waals surface area contributed by atoms with Gasteiger partial charge in [-0.1, -0.05) is 12.5 Å². The molecule has 3 amide bonds. The number of alkyl halides is 2. The molecule has 226 valence electrons. The van der Waals surface area contributed by atoms with E-state index >= 15 is 0 Å². The van der Waals surface area contributed by atoms with Crippen LogP contribution >= 0.6 is 0 Å². The molecule has 2 aliphatic carbocycles.